The molecule has 0 amide bonds. The Morgan fingerprint density at radius 2 is 2.06 bits per heavy atom. The number of ketones is 1. The van der Waals surface area contributed by atoms with Gasteiger partial charge in [-0.1, -0.05) is 12.5 Å². The molecule has 1 aliphatic heterocycles. The topological polar surface area (TPSA) is 43.4 Å². The van der Waals surface area contributed by atoms with Crippen molar-refractivity contribution in [3.8, 4) is 0 Å². The molecule has 0 aromatic heterocycles. The molecule has 1 heterocycles. The second-order valence-corrected chi connectivity index (χ2v) is 6.32. The van der Waals surface area contributed by atoms with E-state index >= 15 is 0 Å². The van der Waals surface area contributed by atoms with E-state index < -0.39 is 0 Å². The summed E-state index contributed by atoms with van der Waals surface area (Å²) < 4.78 is 5.58. The van der Waals surface area contributed by atoms with Gasteiger partial charge in [-0.25, -0.2) is 0 Å². The number of rotatable bonds is 0. The average molecular weight is 248 g/mol. The minimum absolute atomic E-state index is 0.0705. The number of carbonyl (C=O) groups excluding carboxylic acids is 2. The predicted octanol–water partition coefficient (Wildman–Crippen LogP) is 2.64. The fourth-order valence-electron chi connectivity index (χ4n) is 4.05. The third-order valence-electron chi connectivity index (χ3n) is 5.25. The molecule has 0 radical (unpaired) electrons. The molecule has 3 aliphatic rings. The van der Waals surface area contributed by atoms with Crippen molar-refractivity contribution in [1.29, 1.82) is 0 Å². The van der Waals surface area contributed by atoms with E-state index in [1.165, 1.54) is 5.57 Å². The number of carbonyl (C=O) groups is 2. The molecule has 1 saturated heterocycles. The van der Waals surface area contributed by atoms with E-state index in [0.29, 0.717) is 12.2 Å². The van der Waals surface area contributed by atoms with Crippen LogP contribution in [0.2, 0.25) is 0 Å². The maximum atomic E-state index is 12.5. The van der Waals surface area contributed by atoms with E-state index in [9.17, 15) is 9.59 Å². The van der Waals surface area contributed by atoms with Gasteiger partial charge in [-0.2, -0.15) is 0 Å². The third kappa shape index (κ3) is 1.36. The highest BCUT2D eigenvalue weighted by Gasteiger charge is 2.56. The summed E-state index contributed by atoms with van der Waals surface area (Å²) in [6, 6.07) is 0. The van der Waals surface area contributed by atoms with Gasteiger partial charge in [0.05, 0.1) is 11.3 Å². The van der Waals surface area contributed by atoms with Gasteiger partial charge in [0.25, 0.3) is 0 Å². The average Bonchev–Trinajstić information content (AvgIpc) is 2.57. The van der Waals surface area contributed by atoms with Crippen LogP contribution in [-0.2, 0) is 14.3 Å². The van der Waals surface area contributed by atoms with Crippen molar-refractivity contribution < 1.29 is 14.3 Å². The zero-order valence-electron chi connectivity index (χ0n) is 11.3. The van der Waals surface area contributed by atoms with E-state index in [1.807, 2.05) is 13.8 Å². The highest BCUT2D eigenvalue weighted by Crippen LogP contribution is 2.53. The Bertz CT molecular complexity index is 462. The highest BCUT2D eigenvalue weighted by molar-refractivity contribution is 5.92. The Morgan fingerprint density at radius 3 is 2.78 bits per heavy atom. The van der Waals surface area contributed by atoms with Crippen LogP contribution in [0.3, 0.4) is 0 Å². The summed E-state index contributed by atoms with van der Waals surface area (Å²) in [5.74, 6) is 0.114. The van der Waals surface area contributed by atoms with Crippen molar-refractivity contribution in [2.45, 2.75) is 52.6 Å². The summed E-state index contributed by atoms with van der Waals surface area (Å²) in [6.07, 6.45) is 3.39. The number of ether oxygens (including phenoxy) is 1. The quantitative estimate of drug-likeness (QED) is 0.489. The van der Waals surface area contributed by atoms with E-state index in [-0.39, 0.29) is 29.3 Å². The zero-order valence-corrected chi connectivity index (χ0v) is 11.3. The van der Waals surface area contributed by atoms with Crippen LogP contribution in [-0.4, -0.2) is 17.9 Å². The van der Waals surface area contributed by atoms with Crippen molar-refractivity contribution in [2.75, 3.05) is 0 Å². The second-order valence-electron chi connectivity index (χ2n) is 6.32. The molecule has 0 N–H and O–H groups in total. The minimum atomic E-state index is -0.367. The summed E-state index contributed by atoms with van der Waals surface area (Å²) in [5.41, 5.74) is 2.04. The lowest BCUT2D eigenvalue weighted by Gasteiger charge is -2.44. The van der Waals surface area contributed by atoms with Gasteiger partial charge in [0.1, 0.15) is 11.9 Å². The molecule has 0 aromatic rings. The molecule has 0 unspecified atom stereocenters. The number of esters is 1. The van der Waals surface area contributed by atoms with Crippen LogP contribution in [0.5, 0.6) is 0 Å². The number of allylic oxidation sites excluding steroid dienone is 1. The Labute approximate surface area is 108 Å². The first kappa shape index (κ1) is 11.9. The Morgan fingerprint density at radius 1 is 1.33 bits per heavy atom. The summed E-state index contributed by atoms with van der Waals surface area (Å²) in [6.45, 7) is 6.03. The Hall–Kier alpha value is -1.12. The SMILES string of the molecule is CC1=C2[C@@H]3OC(=O)[C@@H](C)[C@@H]3CC(=O)[C@@]2(C)CCC1. The molecule has 3 nitrogen and oxygen atoms in total. The van der Waals surface area contributed by atoms with Gasteiger partial charge in [0.2, 0.25) is 0 Å². The largest absolute Gasteiger partial charge is 0.457 e. The monoisotopic (exact) mass is 248 g/mol. The minimum Gasteiger partial charge on any atom is -0.457 e. The smallest absolute Gasteiger partial charge is 0.309 e. The van der Waals surface area contributed by atoms with Crippen molar-refractivity contribution in [1.82, 2.24) is 0 Å². The predicted molar refractivity (Wildman–Crippen MR) is 66.8 cm³/mol. The van der Waals surface area contributed by atoms with Crippen molar-refractivity contribution in [3.05, 3.63) is 11.1 Å². The first-order valence-electron chi connectivity index (χ1n) is 6.89. The summed E-state index contributed by atoms with van der Waals surface area (Å²) in [5, 5.41) is 0. The first-order valence-corrected chi connectivity index (χ1v) is 6.89. The van der Waals surface area contributed by atoms with Gasteiger partial charge in [-0.15, -0.1) is 0 Å². The second kappa shape index (κ2) is 3.69. The molecule has 1 saturated carbocycles. The third-order valence-corrected chi connectivity index (χ3v) is 5.25. The van der Waals surface area contributed by atoms with Gasteiger partial charge in [0.15, 0.2) is 0 Å². The van der Waals surface area contributed by atoms with Gasteiger partial charge in [0, 0.05) is 12.3 Å². The van der Waals surface area contributed by atoms with E-state index in [1.54, 1.807) is 0 Å². The lowest BCUT2D eigenvalue weighted by atomic mass is 9.59. The molecule has 0 spiro atoms. The molecule has 2 fully saturated rings. The van der Waals surface area contributed by atoms with Crippen LogP contribution < -0.4 is 0 Å². The Balaban J connectivity index is 2.11. The molecule has 98 valence electrons. The van der Waals surface area contributed by atoms with Crippen LogP contribution in [0, 0.1) is 17.3 Å². The van der Waals surface area contributed by atoms with Gasteiger partial charge in [-0.05, 0) is 38.7 Å². The lowest BCUT2D eigenvalue weighted by molar-refractivity contribution is -0.144. The molecule has 4 atom stereocenters. The summed E-state index contributed by atoms with van der Waals surface area (Å²) >= 11 is 0. The standard InChI is InChI=1S/C15H20O3/c1-8-5-4-6-15(3)11(16)7-10-9(2)14(17)18-13(10)12(8)15/h9-10,13H,4-7H2,1-3H3/t9-,10-,13+,15+/m0/s1. The van der Waals surface area contributed by atoms with E-state index in [4.69, 9.17) is 4.74 Å². The van der Waals surface area contributed by atoms with Crippen molar-refractivity contribution in [3.63, 3.8) is 0 Å². The molecular weight excluding hydrogens is 228 g/mol. The zero-order chi connectivity index (χ0) is 13.1. The molecule has 2 aliphatic carbocycles. The van der Waals surface area contributed by atoms with Crippen LogP contribution in [0.15, 0.2) is 11.1 Å². The van der Waals surface area contributed by atoms with Gasteiger partial charge >= 0.3 is 5.97 Å². The highest BCUT2D eigenvalue weighted by atomic mass is 16.6. The normalized spacial score (nSPS) is 43.6. The van der Waals surface area contributed by atoms with E-state index in [2.05, 4.69) is 6.92 Å². The first-order chi connectivity index (χ1) is 8.45. The molecule has 18 heavy (non-hydrogen) atoms. The van der Waals surface area contributed by atoms with Gasteiger partial charge in [-0.3, -0.25) is 9.59 Å². The maximum Gasteiger partial charge on any atom is 0.309 e. The van der Waals surface area contributed by atoms with Crippen LogP contribution in [0.1, 0.15) is 46.5 Å². The maximum absolute atomic E-state index is 12.5. The lowest BCUT2D eigenvalue weighted by Crippen LogP contribution is -2.46. The summed E-state index contributed by atoms with van der Waals surface area (Å²) in [4.78, 5) is 24.3. The number of hydrogen-bond acceptors (Lipinski definition) is 3. The summed E-state index contributed by atoms with van der Waals surface area (Å²) in [7, 11) is 0. The molecule has 0 aromatic carbocycles. The number of fused-ring (bicyclic) bond motifs is 3. The molecule has 3 heteroatoms. The van der Waals surface area contributed by atoms with Crippen molar-refractivity contribution in [2.24, 2.45) is 17.3 Å². The van der Waals surface area contributed by atoms with Crippen molar-refractivity contribution >= 4 is 11.8 Å². The Kier molecular flexibility index (Phi) is 2.45. The number of Topliss-reactive ketones (excluding diaryl/α,β-unsaturated/α-hetero) is 1. The molecular formula is C15H20O3. The fraction of sp³-hybridized carbons (Fsp3) is 0.733. The fourth-order valence-corrected chi connectivity index (χ4v) is 4.05. The van der Waals surface area contributed by atoms with E-state index in [0.717, 1.165) is 24.8 Å². The molecule has 0 bridgehead atoms. The van der Waals surface area contributed by atoms with Gasteiger partial charge < -0.3 is 4.74 Å². The van der Waals surface area contributed by atoms with Crippen LogP contribution in [0.4, 0.5) is 0 Å². The number of hydrogen-bond donors (Lipinski definition) is 0. The van der Waals surface area contributed by atoms with Crippen LogP contribution >= 0.6 is 0 Å². The molecule has 3 rings (SSSR count). The van der Waals surface area contributed by atoms with Crippen LogP contribution in [0.25, 0.3) is 0 Å².